The molecule has 27 nitrogen and oxygen atoms in total. The fraction of sp³-hybridized carbons (Fsp3) is 0.306. The lowest BCUT2D eigenvalue weighted by atomic mass is 9.87. The van der Waals surface area contributed by atoms with Gasteiger partial charge in [0.25, 0.3) is 0 Å². The molecule has 13 rings (SSSR count). The Balaban J connectivity index is 1.02. The number of fused-ring (bicyclic) bond motifs is 15. The molecule has 100 heavy (non-hydrogen) atoms. The van der Waals surface area contributed by atoms with Gasteiger partial charge in [-0.15, -0.1) is 0 Å². The third-order valence-electron chi connectivity index (χ3n) is 18.1. The van der Waals surface area contributed by atoms with Crippen molar-refractivity contribution in [1.29, 1.82) is 0 Å². The molecule has 11 bridgehead atoms. The minimum atomic E-state index is -2.13. The molecule has 1 fully saturated rings. The maximum Gasteiger partial charge on any atom is 0.248 e. The largest absolute Gasteiger partial charge is 0.507 e. The van der Waals surface area contributed by atoms with Crippen LogP contribution in [-0.2, 0) is 51.4 Å². The van der Waals surface area contributed by atoms with Gasteiger partial charge >= 0.3 is 0 Å². The van der Waals surface area contributed by atoms with Gasteiger partial charge in [0.1, 0.15) is 77.2 Å². The van der Waals surface area contributed by atoms with Crippen molar-refractivity contribution in [2.75, 3.05) is 40.3 Å². The van der Waals surface area contributed by atoms with Gasteiger partial charge in [0.2, 0.25) is 53.0 Å². The van der Waals surface area contributed by atoms with E-state index in [0.717, 1.165) is 41.0 Å². The number of halogens is 1. The number of phenolic OH excluding ortho intramolecular Hbond substituents is 4. The number of rotatable bonds is 13. The second-order valence-corrected chi connectivity index (χ2v) is 25.8. The van der Waals surface area contributed by atoms with Crippen LogP contribution in [0.25, 0.3) is 22.3 Å². The Morgan fingerprint density at radius 2 is 1.23 bits per heavy atom. The minimum absolute atomic E-state index is 0.0321. The van der Waals surface area contributed by atoms with Crippen molar-refractivity contribution in [3.63, 3.8) is 0 Å². The molecule has 9 atom stereocenters. The first-order chi connectivity index (χ1) is 47.9. The van der Waals surface area contributed by atoms with Crippen LogP contribution in [0.3, 0.4) is 0 Å². The second kappa shape index (κ2) is 30.1. The lowest BCUT2D eigenvalue weighted by Gasteiger charge is -2.35. The van der Waals surface area contributed by atoms with Gasteiger partial charge in [0.05, 0.1) is 23.0 Å². The Hall–Kier alpha value is -10.8. The van der Waals surface area contributed by atoms with Crippen molar-refractivity contribution in [1.82, 2.24) is 52.3 Å². The molecule has 0 saturated carbocycles. The lowest BCUT2D eigenvalue weighted by Crippen LogP contribution is -2.59. The average molecular weight is 1390 g/mol. The molecule has 0 aliphatic carbocycles. The highest BCUT2D eigenvalue weighted by Crippen LogP contribution is 2.49. The number of aliphatic hydroxyl groups is 2. The number of ether oxygens (including phenoxy) is 2. The van der Waals surface area contributed by atoms with E-state index in [9.17, 15) is 49.8 Å². The number of aliphatic hydroxyl groups excluding tert-OH is 2. The van der Waals surface area contributed by atoms with E-state index in [0.29, 0.717) is 32.7 Å². The summed E-state index contributed by atoms with van der Waals surface area (Å²) in [4.78, 5) is 122. The first kappa shape index (κ1) is 70.5. The SMILES string of the molecule is CNC(=O)[C@@H]1NC(=O)C2NC(=O)C(NC(=O)C3NC(=O)C(CC(N)=O)NC(=O)C(NC(=O)C(CC(C)C)NC)C(O)c4ccc(c(Cl)c4)Oc4cc3cc(c4O)Oc3ccc(cc3)C2O)c2ccc(O)c(c2)-c2c1cc(O)c(CN1CCN(Cc3ccc(-c4ccccc4)cc3)CC1)c2O. The van der Waals surface area contributed by atoms with Crippen LogP contribution in [0.2, 0.25) is 5.02 Å². The zero-order chi connectivity index (χ0) is 71.4. The van der Waals surface area contributed by atoms with E-state index in [1.165, 1.54) is 68.7 Å². The fourth-order valence-electron chi connectivity index (χ4n) is 12.7. The number of benzene rings is 7. The van der Waals surface area contributed by atoms with Gasteiger partial charge in [-0.2, -0.15) is 0 Å². The zero-order valence-corrected chi connectivity index (χ0v) is 55.5. The quantitative estimate of drug-likeness (QED) is 0.0761. The average Bonchev–Trinajstić information content (AvgIpc) is 0.756. The highest BCUT2D eigenvalue weighted by molar-refractivity contribution is 6.32. The van der Waals surface area contributed by atoms with E-state index >= 15 is 19.2 Å². The van der Waals surface area contributed by atoms with Gasteiger partial charge in [0, 0.05) is 57.4 Å². The molecule has 6 aliphatic rings. The van der Waals surface area contributed by atoms with Crippen molar-refractivity contribution >= 4 is 58.9 Å². The number of nitrogens with zero attached hydrogens (tertiary/aromatic N) is 2. The highest BCUT2D eigenvalue weighted by Gasteiger charge is 2.42. The van der Waals surface area contributed by atoms with Gasteiger partial charge in [0.15, 0.2) is 11.5 Å². The molecule has 6 aliphatic heterocycles. The molecule has 28 heteroatoms. The third kappa shape index (κ3) is 15.4. The number of nitrogens with one attached hydrogen (secondary N) is 8. The van der Waals surface area contributed by atoms with Crippen LogP contribution in [0.1, 0.15) is 96.0 Å². The van der Waals surface area contributed by atoms with Crippen LogP contribution in [0, 0.1) is 5.92 Å². The third-order valence-corrected chi connectivity index (χ3v) is 18.4. The van der Waals surface area contributed by atoms with Crippen molar-refractivity contribution < 1.29 is 78.5 Å². The maximum atomic E-state index is 15.8. The summed E-state index contributed by atoms with van der Waals surface area (Å²) in [6.45, 7) is 6.40. The summed E-state index contributed by atoms with van der Waals surface area (Å²) in [7, 11) is 2.77. The number of primary amides is 1. The van der Waals surface area contributed by atoms with Gasteiger partial charge < -0.3 is 88.4 Å². The Morgan fingerprint density at radius 1 is 0.610 bits per heavy atom. The number of aromatic hydroxyl groups is 4. The van der Waals surface area contributed by atoms with Gasteiger partial charge in [-0.05, 0) is 118 Å². The number of carbonyl (C=O) groups is 8. The molecule has 8 amide bonds. The van der Waals surface area contributed by atoms with E-state index in [1.807, 2.05) is 49.1 Å². The maximum absolute atomic E-state index is 15.8. The van der Waals surface area contributed by atoms with Crippen LogP contribution < -0.4 is 57.7 Å². The normalized spacial score (nSPS) is 21.5. The van der Waals surface area contributed by atoms with Crippen LogP contribution in [0.15, 0.2) is 133 Å². The molecule has 0 radical (unpaired) electrons. The summed E-state index contributed by atoms with van der Waals surface area (Å²) in [5, 5.41) is 93.6. The number of carbonyl (C=O) groups excluding carboxylic acids is 8. The van der Waals surface area contributed by atoms with Gasteiger partial charge in [-0.25, -0.2) is 0 Å². The Kier molecular flexibility index (Phi) is 21.2. The standard InChI is InChI=1S/C72H76ClN11O16/c1-35(2)26-48(75-3)66(92)81-61-63(89)41-17-21-52(47(73)28-41)100-54-30-42-29-53(65(54)91)99-43-18-14-39(15-19-43)62(88)60-72(98)80-59(68(94)76-4)45-31-51(86)46(34-84-24-22-83(23-25-84)33-36-10-12-38(13-11-36)37-8-6-5-7-9-37)64(90)56(45)44-27-40(16-20-50(44)85)57(69(95)82-60)79-70(96)58(42)78-67(93)49(32-55(74)87)77-71(61)97/h5-21,27-31,35,48-49,57-63,75,85-86,88-91H,22-26,32-34H2,1-4H3,(H2,74,87)(H,76,94)(H,77,97)(H,78,93)(H,79,96)(H,80,98)(H,81,92)(H,82,95)/t48?,49?,57?,58?,59-,60?,61?,62?,63?/m1/s1. The van der Waals surface area contributed by atoms with Crippen LogP contribution in [0.4, 0.5) is 0 Å². The number of hydrogen-bond acceptors (Lipinski definition) is 19. The number of phenols is 4. The Bertz CT molecular complexity index is 4310. The Labute approximate surface area is 579 Å². The van der Waals surface area contributed by atoms with Crippen molar-refractivity contribution in [2.24, 2.45) is 11.7 Å². The first-order valence-electron chi connectivity index (χ1n) is 32.3. The van der Waals surface area contributed by atoms with Crippen molar-refractivity contribution in [3.05, 3.63) is 177 Å². The van der Waals surface area contributed by atoms with E-state index in [1.54, 1.807) is 0 Å². The monoisotopic (exact) mass is 1390 g/mol. The van der Waals surface area contributed by atoms with E-state index in [4.69, 9.17) is 26.8 Å². The van der Waals surface area contributed by atoms with Gasteiger partial charge in [-0.3, -0.25) is 48.2 Å². The molecule has 7 aromatic carbocycles. The first-order valence-corrected chi connectivity index (χ1v) is 32.7. The molecule has 6 heterocycles. The van der Waals surface area contributed by atoms with E-state index < -0.39 is 143 Å². The van der Waals surface area contributed by atoms with Gasteiger partial charge in [-0.1, -0.05) is 104 Å². The number of hydrogen-bond donors (Lipinski definition) is 15. The van der Waals surface area contributed by atoms with Crippen LogP contribution in [0.5, 0.6) is 46.0 Å². The van der Waals surface area contributed by atoms with Crippen LogP contribution in [-0.4, -0.2) is 152 Å². The van der Waals surface area contributed by atoms with Crippen molar-refractivity contribution in [2.45, 2.75) is 94.3 Å². The molecule has 0 spiro atoms. The smallest absolute Gasteiger partial charge is 0.248 e. The number of amides is 8. The molecule has 0 aromatic heterocycles. The van der Waals surface area contributed by atoms with E-state index in [2.05, 4.69) is 71.7 Å². The summed E-state index contributed by atoms with van der Waals surface area (Å²) in [6, 6.07) is 21.3. The summed E-state index contributed by atoms with van der Waals surface area (Å²) < 4.78 is 12.5. The molecule has 8 unspecified atom stereocenters. The lowest BCUT2D eigenvalue weighted by molar-refractivity contribution is -0.138. The summed E-state index contributed by atoms with van der Waals surface area (Å²) in [5.74, 6) is -12.8. The summed E-state index contributed by atoms with van der Waals surface area (Å²) in [5.41, 5.74) is 7.49. The fourth-order valence-corrected chi connectivity index (χ4v) is 12.9. The predicted molar refractivity (Wildman–Crippen MR) is 364 cm³/mol. The van der Waals surface area contributed by atoms with Crippen molar-refractivity contribution in [3.8, 4) is 68.2 Å². The zero-order valence-electron chi connectivity index (χ0n) is 54.7. The summed E-state index contributed by atoms with van der Waals surface area (Å²) in [6.07, 6.45) is -4.62. The molecule has 522 valence electrons. The Morgan fingerprint density at radius 3 is 1.88 bits per heavy atom. The molecule has 7 aromatic rings. The molecular formula is C72H76ClN11O16. The molecular weight excluding hydrogens is 1310 g/mol. The topological polar surface area (TPSA) is 405 Å². The van der Waals surface area contributed by atoms with Crippen LogP contribution >= 0.6 is 11.6 Å². The second-order valence-electron chi connectivity index (χ2n) is 25.4. The summed E-state index contributed by atoms with van der Waals surface area (Å²) >= 11 is 6.85. The number of nitrogens with two attached hydrogens (primary N) is 1. The molecule has 16 N–H and O–H groups in total. The minimum Gasteiger partial charge on any atom is -0.507 e. The number of piperazine rings is 1. The van der Waals surface area contributed by atoms with E-state index in [-0.39, 0.29) is 79.9 Å². The predicted octanol–water partition coefficient (Wildman–Crippen LogP) is 4.39. The molecule has 1 saturated heterocycles. The number of likely N-dealkylation sites (N-methyl/N-ethyl adjacent to an activating group) is 2. The highest BCUT2D eigenvalue weighted by atomic mass is 35.5.